The molecule has 0 spiro atoms. The molecular weight excluding hydrogens is 266 g/mol. The monoisotopic (exact) mass is 285 g/mol. The number of aromatic carboxylic acids is 1. The highest BCUT2D eigenvalue weighted by Crippen LogP contribution is 2.32. The van der Waals surface area contributed by atoms with Crippen molar-refractivity contribution in [3.8, 4) is 0 Å². The van der Waals surface area contributed by atoms with Crippen molar-refractivity contribution in [2.75, 3.05) is 18.0 Å². The molecule has 1 aliphatic rings. The van der Waals surface area contributed by atoms with Crippen molar-refractivity contribution in [1.82, 2.24) is 9.97 Å². The van der Waals surface area contributed by atoms with E-state index >= 15 is 0 Å². The molecule has 0 amide bonds. The number of rotatable bonds is 6. The summed E-state index contributed by atoms with van der Waals surface area (Å²) in [5.74, 6) is 0.769. The van der Waals surface area contributed by atoms with E-state index in [2.05, 4.69) is 21.8 Å². The third-order valence-corrected chi connectivity index (χ3v) is 3.83. The van der Waals surface area contributed by atoms with Crippen LogP contribution in [0.3, 0.4) is 0 Å². The largest absolute Gasteiger partial charge is 0.478 e. The Morgan fingerprint density at radius 2 is 2.19 bits per heavy atom. The van der Waals surface area contributed by atoms with Crippen LogP contribution < -0.4 is 4.90 Å². The van der Waals surface area contributed by atoms with E-state index in [0.717, 1.165) is 36.6 Å². The van der Waals surface area contributed by atoms with Crippen LogP contribution in [0, 0.1) is 5.92 Å². The molecule has 110 valence electrons. The van der Waals surface area contributed by atoms with Gasteiger partial charge in [0.05, 0.1) is 11.1 Å². The number of hydrogen-bond acceptors (Lipinski definition) is 4. The Kier molecular flexibility index (Phi) is 3.73. The van der Waals surface area contributed by atoms with Crippen molar-refractivity contribution in [3.63, 3.8) is 0 Å². The van der Waals surface area contributed by atoms with E-state index in [1.54, 1.807) is 12.1 Å². The Balaban J connectivity index is 2.01. The number of carbonyl (C=O) groups is 1. The molecule has 1 N–H and O–H groups in total. The van der Waals surface area contributed by atoms with Gasteiger partial charge >= 0.3 is 5.97 Å². The smallest absolute Gasteiger partial charge is 0.335 e. The maximum atomic E-state index is 11.1. The van der Waals surface area contributed by atoms with E-state index in [-0.39, 0.29) is 5.56 Å². The minimum atomic E-state index is -0.930. The van der Waals surface area contributed by atoms with Gasteiger partial charge in [0.25, 0.3) is 0 Å². The normalized spacial score (nSPS) is 14.3. The summed E-state index contributed by atoms with van der Waals surface area (Å²) in [7, 11) is 0. The molecule has 0 saturated heterocycles. The van der Waals surface area contributed by atoms with Crippen LogP contribution in [0.15, 0.2) is 24.5 Å². The maximum absolute atomic E-state index is 11.1. The van der Waals surface area contributed by atoms with Crippen LogP contribution in [0.5, 0.6) is 0 Å². The molecule has 21 heavy (non-hydrogen) atoms. The molecule has 5 nitrogen and oxygen atoms in total. The number of anilines is 1. The summed E-state index contributed by atoms with van der Waals surface area (Å²) in [5.41, 5.74) is 0.952. The minimum absolute atomic E-state index is 0.261. The molecular formula is C16H19N3O2. The Bertz CT molecular complexity index is 668. The van der Waals surface area contributed by atoms with E-state index < -0.39 is 5.97 Å². The summed E-state index contributed by atoms with van der Waals surface area (Å²) < 4.78 is 0. The molecule has 2 aromatic rings. The summed E-state index contributed by atoms with van der Waals surface area (Å²) in [6.45, 7) is 4.15. The number of benzene rings is 1. The van der Waals surface area contributed by atoms with Gasteiger partial charge in [0, 0.05) is 18.5 Å². The average molecular weight is 285 g/mol. The van der Waals surface area contributed by atoms with E-state index in [1.165, 1.54) is 19.2 Å². The first-order chi connectivity index (χ1) is 10.2. The first-order valence-corrected chi connectivity index (χ1v) is 7.42. The van der Waals surface area contributed by atoms with Gasteiger partial charge in [0.15, 0.2) is 0 Å². The number of carboxylic acids is 1. The first-order valence-electron chi connectivity index (χ1n) is 7.42. The average Bonchev–Trinajstić information content (AvgIpc) is 3.29. The third-order valence-electron chi connectivity index (χ3n) is 3.83. The van der Waals surface area contributed by atoms with Crippen LogP contribution in [0.4, 0.5) is 5.82 Å². The fourth-order valence-corrected chi connectivity index (χ4v) is 2.59. The van der Waals surface area contributed by atoms with E-state index in [4.69, 9.17) is 5.11 Å². The Hall–Kier alpha value is -2.17. The van der Waals surface area contributed by atoms with Crippen molar-refractivity contribution in [2.24, 2.45) is 5.92 Å². The Morgan fingerprint density at radius 3 is 2.86 bits per heavy atom. The SMILES string of the molecule is CCCN(CC1CC1)c1ncnc2cc(C(=O)O)ccc12. The highest BCUT2D eigenvalue weighted by atomic mass is 16.4. The van der Waals surface area contributed by atoms with Crippen molar-refractivity contribution in [2.45, 2.75) is 26.2 Å². The van der Waals surface area contributed by atoms with Gasteiger partial charge in [-0.15, -0.1) is 0 Å². The maximum Gasteiger partial charge on any atom is 0.335 e. The highest BCUT2D eigenvalue weighted by Gasteiger charge is 2.25. The molecule has 0 bridgehead atoms. The van der Waals surface area contributed by atoms with Crippen molar-refractivity contribution < 1.29 is 9.90 Å². The fraction of sp³-hybridized carbons (Fsp3) is 0.438. The first kappa shape index (κ1) is 13.8. The predicted molar refractivity (Wildman–Crippen MR) is 81.7 cm³/mol. The Labute approximate surface area is 123 Å². The number of fused-ring (bicyclic) bond motifs is 1. The van der Waals surface area contributed by atoms with Crippen LogP contribution in [-0.2, 0) is 0 Å². The lowest BCUT2D eigenvalue weighted by Crippen LogP contribution is -2.27. The van der Waals surface area contributed by atoms with Crippen LogP contribution >= 0.6 is 0 Å². The van der Waals surface area contributed by atoms with Gasteiger partial charge < -0.3 is 10.0 Å². The zero-order valence-electron chi connectivity index (χ0n) is 12.1. The number of hydrogen-bond donors (Lipinski definition) is 1. The zero-order valence-corrected chi connectivity index (χ0v) is 12.1. The van der Waals surface area contributed by atoms with Gasteiger partial charge in [-0.05, 0) is 43.4 Å². The van der Waals surface area contributed by atoms with E-state index in [1.807, 2.05) is 6.07 Å². The zero-order chi connectivity index (χ0) is 14.8. The molecule has 1 aromatic heterocycles. The van der Waals surface area contributed by atoms with Crippen LogP contribution in [0.25, 0.3) is 10.9 Å². The second-order valence-electron chi connectivity index (χ2n) is 5.62. The van der Waals surface area contributed by atoms with Gasteiger partial charge in [0.2, 0.25) is 0 Å². The van der Waals surface area contributed by atoms with Gasteiger partial charge in [-0.3, -0.25) is 0 Å². The molecule has 3 rings (SSSR count). The molecule has 1 fully saturated rings. The van der Waals surface area contributed by atoms with Crippen LogP contribution in [-0.4, -0.2) is 34.1 Å². The second-order valence-corrected chi connectivity index (χ2v) is 5.62. The predicted octanol–water partition coefficient (Wildman–Crippen LogP) is 2.95. The number of nitrogens with zero attached hydrogens (tertiary/aromatic N) is 3. The standard InChI is InChI=1S/C16H19N3O2/c1-2-7-19(9-11-3-4-11)15-13-6-5-12(16(20)21)8-14(13)17-10-18-15/h5-6,8,10-11H,2-4,7,9H2,1H3,(H,20,21). The second kappa shape index (κ2) is 5.68. The molecule has 0 aliphatic heterocycles. The van der Waals surface area contributed by atoms with Crippen molar-refractivity contribution in [1.29, 1.82) is 0 Å². The third kappa shape index (κ3) is 2.96. The lowest BCUT2D eigenvalue weighted by Gasteiger charge is -2.24. The molecule has 0 unspecified atom stereocenters. The summed E-state index contributed by atoms with van der Waals surface area (Å²) >= 11 is 0. The van der Waals surface area contributed by atoms with Crippen molar-refractivity contribution in [3.05, 3.63) is 30.1 Å². The summed E-state index contributed by atoms with van der Waals surface area (Å²) in [4.78, 5) is 22.0. The molecule has 0 radical (unpaired) electrons. The van der Waals surface area contributed by atoms with Crippen LogP contribution in [0.2, 0.25) is 0 Å². The summed E-state index contributed by atoms with van der Waals surface area (Å²) in [6, 6.07) is 5.06. The molecule has 1 heterocycles. The number of aromatic nitrogens is 2. The molecule has 5 heteroatoms. The van der Waals surface area contributed by atoms with E-state index in [9.17, 15) is 4.79 Å². The molecule has 1 aliphatic carbocycles. The van der Waals surface area contributed by atoms with Crippen LogP contribution in [0.1, 0.15) is 36.5 Å². The summed E-state index contributed by atoms with van der Waals surface area (Å²) in [5, 5.41) is 10.0. The summed E-state index contributed by atoms with van der Waals surface area (Å²) in [6.07, 6.45) is 5.18. The van der Waals surface area contributed by atoms with E-state index in [0.29, 0.717) is 5.52 Å². The Morgan fingerprint density at radius 1 is 1.38 bits per heavy atom. The topological polar surface area (TPSA) is 66.3 Å². The lowest BCUT2D eigenvalue weighted by molar-refractivity contribution is 0.0697. The van der Waals surface area contributed by atoms with Gasteiger partial charge in [-0.2, -0.15) is 0 Å². The molecule has 1 aromatic carbocycles. The highest BCUT2D eigenvalue weighted by molar-refractivity contribution is 5.96. The fourth-order valence-electron chi connectivity index (χ4n) is 2.59. The lowest BCUT2D eigenvalue weighted by atomic mass is 10.1. The molecule has 0 atom stereocenters. The van der Waals surface area contributed by atoms with Gasteiger partial charge in [-0.25, -0.2) is 14.8 Å². The van der Waals surface area contributed by atoms with Gasteiger partial charge in [-0.1, -0.05) is 6.92 Å². The van der Waals surface area contributed by atoms with Crippen molar-refractivity contribution >= 4 is 22.7 Å². The molecule has 1 saturated carbocycles. The minimum Gasteiger partial charge on any atom is -0.478 e. The quantitative estimate of drug-likeness (QED) is 0.884. The van der Waals surface area contributed by atoms with Gasteiger partial charge in [0.1, 0.15) is 12.1 Å². The number of carboxylic acid groups (broad SMARTS) is 1.